The number of fused-ring (bicyclic) bond motifs is 4. The molecule has 1 atom stereocenters. The molecule has 1 aliphatic heterocycles. The van der Waals surface area contributed by atoms with E-state index >= 15 is 0 Å². The summed E-state index contributed by atoms with van der Waals surface area (Å²) in [7, 11) is 3.82. The van der Waals surface area contributed by atoms with E-state index in [2.05, 4.69) is 80.9 Å². The number of ether oxygens (including phenoxy) is 1. The van der Waals surface area contributed by atoms with Crippen molar-refractivity contribution in [1.82, 2.24) is 4.98 Å². The molecule has 0 spiro atoms. The quantitative estimate of drug-likeness (QED) is 0.432. The van der Waals surface area contributed by atoms with Crippen LogP contribution in [0.5, 0.6) is 5.75 Å². The van der Waals surface area contributed by atoms with Gasteiger partial charge in [-0.3, -0.25) is 0 Å². The first-order valence-electron chi connectivity index (χ1n) is 9.91. The number of furan rings is 1. The average Bonchev–Trinajstić information content (AvgIpc) is 3.18. The maximum absolute atomic E-state index is 6.23. The molecule has 148 valence electrons. The number of nitrogens with zero attached hydrogens (tertiary/aromatic N) is 3. The van der Waals surface area contributed by atoms with Gasteiger partial charge in [-0.15, -0.1) is 0 Å². The van der Waals surface area contributed by atoms with Crippen LogP contribution in [-0.2, 0) is 0 Å². The van der Waals surface area contributed by atoms with E-state index in [0.717, 1.165) is 56.1 Å². The zero-order chi connectivity index (χ0) is 20.4. The van der Waals surface area contributed by atoms with Gasteiger partial charge < -0.3 is 19.0 Å². The van der Waals surface area contributed by atoms with Crippen molar-refractivity contribution in [2.45, 2.75) is 33.9 Å². The third-order valence-electron chi connectivity index (χ3n) is 6.11. The molecular weight excluding hydrogens is 362 g/mol. The Labute approximate surface area is 170 Å². The Balaban J connectivity index is 1.78. The zero-order valence-electron chi connectivity index (χ0n) is 17.7. The van der Waals surface area contributed by atoms with Crippen LogP contribution in [0.1, 0.15) is 23.6 Å². The first-order valence-corrected chi connectivity index (χ1v) is 9.91. The Kier molecular flexibility index (Phi) is 3.78. The van der Waals surface area contributed by atoms with Gasteiger partial charge >= 0.3 is 0 Å². The first kappa shape index (κ1) is 17.9. The summed E-state index contributed by atoms with van der Waals surface area (Å²) in [6.45, 7) is 8.47. The SMILES string of the molecule is COc1cc(C)cc(N2c3cc4oc5c(C)cccc5c4nc3N(C)[C@@H]2C)c1C. The summed E-state index contributed by atoms with van der Waals surface area (Å²) in [6.07, 6.45) is 0.127. The number of aryl methyl sites for hydroxylation is 2. The minimum Gasteiger partial charge on any atom is -0.496 e. The topological polar surface area (TPSA) is 41.7 Å². The van der Waals surface area contributed by atoms with E-state index in [1.54, 1.807) is 7.11 Å². The van der Waals surface area contributed by atoms with Crippen LogP contribution >= 0.6 is 0 Å². The molecule has 1 aliphatic rings. The van der Waals surface area contributed by atoms with Crippen molar-refractivity contribution in [3.05, 3.63) is 53.1 Å². The van der Waals surface area contributed by atoms with Gasteiger partial charge in [0, 0.05) is 24.1 Å². The van der Waals surface area contributed by atoms with Crippen LogP contribution in [0, 0.1) is 20.8 Å². The Morgan fingerprint density at radius 3 is 2.62 bits per heavy atom. The van der Waals surface area contributed by atoms with Gasteiger partial charge in [0.05, 0.1) is 18.5 Å². The van der Waals surface area contributed by atoms with Gasteiger partial charge in [-0.05, 0) is 57.0 Å². The number of pyridine rings is 1. The summed E-state index contributed by atoms with van der Waals surface area (Å²) in [5.41, 5.74) is 8.24. The fourth-order valence-electron chi connectivity index (χ4n) is 4.42. The summed E-state index contributed by atoms with van der Waals surface area (Å²) >= 11 is 0. The number of hydrogen-bond acceptors (Lipinski definition) is 5. The smallest absolute Gasteiger partial charge is 0.156 e. The highest BCUT2D eigenvalue weighted by molar-refractivity contribution is 6.06. The monoisotopic (exact) mass is 387 g/mol. The van der Waals surface area contributed by atoms with E-state index in [0.29, 0.717) is 0 Å². The van der Waals surface area contributed by atoms with Crippen molar-refractivity contribution in [2.75, 3.05) is 24.0 Å². The largest absolute Gasteiger partial charge is 0.496 e. The molecule has 5 rings (SSSR count). The third-order valence-corrected chi connectivity index (χ3v) is 6.11. The van der Waals surface area contributed by atoms with Crippen molar-refractivity contribution < 1.29 is 9.15 Å². The second kappa shape index (κ2) is 6.14. The average molecular weight is 387 g/mol. The zero-order valence-corrected chi connectivity index (χ0v) is 17.7. The van der Waals surface area contributed by atoms with E-state index in [1.807, 2.05) is 0 Å². The molecule has 0 bridgehead atoms. The minimum atomic E-state index is 0.127. The maximum Gasteiger partial charge on any atom is 0.156 e. The Morgan fingerprint density at radius 1 is 1.07 bits per heavy atom. The molecule has 3 heterocycles. The molecule has 4 aromatic rings. The first-order chi connectivity index (χ1) is 13.9. The van der Waals surface area contributed by atoms with Gasteiger partial charge in [-0.2, -0.15) is 0 Å². The lowest BCUT2D eigenvalue weighted by Crippen LogP contribution is -2.36. The van der Waals surface area contributed by atoms with Crippen LogP contribution in [0.4, 0.5) is 17.2 Å². The molecule has 0 N–H and O–H groups in total. The van der Waals surface area contributed by atoms with Crippen molar-refractivity contribution in [1.29, 1.82) is 0 Å². The van der Waals surface area contributed by atoms with Crippen molar-refractivity contribution in [2.24, 2.45) is 0 Å². The highest BCUT2D eigenvalue weighted by atomic mass is 16.5. The second-order valence-electron chi connectivity index (χ2n) is 7.96. The molecule has 5 nitrogen and oxygen atoms in total. The van der Waals surface area contributed by atoms with Crippen molar-refractivity contribution in [3.8, 4) is 5.75 Å². The van der Waals surface area contributed by atoms with Gasteiger partial charge in [0.2, 0.25) is 0 Å². The summed E-state index contributed by atoms with van der Waals surface area (Å²) in [4.78, 5) is 9.59. The molecule has 0 amide bonds. The second-order valence-corrected chi connectivity index (χ2v) is 7.96. The van der Waals surface area contributed by atoms with Crippen LogP contribution in [0.3, 0.4) is 0 Å². The maximum atomic E-state index is 6.23. The van der Waals surface area contributed by atoms with Gasteiger partial charge in [-0.1, -0.05) is 12.1 Å². The fraction of sp³-hybridized carbons (Fsp3) is 0.292. The highest BCUT2D eigenvalue weighted by Gasteiger charge is 2.35. The highest BCUT2D eigenvalue weighted by Crippen LogP contribution is 2.47. The molecule has 5 heteroatoms. The van der Waals surface area contributed by atoms with Gasteiger partial charge in [0.25, 0.3) is 0 Å². The lowest BCUT2D eigenvalue weighted by Gasteiger charge is -2.29. The number of benzene rings is 2. The molecule has 2 aromatic carbocycles. The molecule has 0 radical (unpaired) electrons. The molecule has 0 aliphatic carbocycles. The van der Waals surface area contributed by atoms with E-state index in [1.165, 1.54) is 5.56 Å². The van der Waals surface area contributed by atoms with Gasteiger partial charge in [0.1, 0.15) is 23.0 Å². The Morgan fingerprint density at radius 2 is 1.86 bits per heavy atom. The summed E-state index contributed by atoms with van der Waals surface area (Å²) in [5, 5.41) is 1.07. The number of rotatable bonds is 2. The van der Waals surface area contributed by atoms with Gasteiger partial charge in [-0.25, -0.2) is 4.98 Å². The molecule has 0 saturated carbocycles. The lowest BCUT2D eigenvalue weighted by molar-refractivity contribution is 0.411. The van der Waals surface area contributed by atoms with E-state index in [4.69, 9.17) is 14.1 Å². The summed E-state index contributed by atoms with van der Waals surface area (Å²) in [6, 6.07) is 12.6. The van der Waals surface area contributed by atoms with Crippen molar-refractivity contribution in [3.63, 3.8) is 0 Å². The number of hydrogen-bond donors (Lipinski definition) is 0. The number of methoxy groups -OCH3 is 1. The van der Waals surface area contributed by atoms with Crippen molar-refractivity contribution >= 4 is 39.3 Å². The van der Waals surface area contributed by atoms with Gasteiger partial charge in [0.15, 0.2) is 11.4 Å². The predicted molar refractivity (Wildman–Crippen MR) is 119 cm³/mol. The fourth-order valence-corrected chi connectivity index (χ4v) is 4.42. The third kappa shape index (κ3) is 2.43. The minimum absolute atomic E-state index is 0.127. The number of aromatic nitrogens is 1. The van der Waals surface area contributed by atoms with Crippen LogP contribution in [-0.4, -0.2) is 25.3 Å². The molecule has 0 unspecified atom stereocenters. The predicted octanol–water partition coefficient (Wildman–Crippen LogP) is 5.85. The van der Waals surface area contributed by atoms with Crippen LogP contribution in [0.2, 0.25) is 0 Å². The number of para-hydroxylation sites is 1. The molecule has 29 heavy (non-hydrogen) atoms. The van der Waals surface area contributed by atoms with E-state index in [-0.39, 0.29) is 6.17 Å². The normalized spacial score (nSPS) is 16.1. The molecule has 0 fully saturated rings. The standard InChI is InChI=1S/C24H25N3O2/c1-13-10-18(15(3)20(11-13)28-6)27-16(4)26(5)24-19(27)12-21-22(25-24)17-9-7-8-14(2)23(17)29-21/h7-12,16H,1-6H3/t16-/m0/s1. The number of anilines is 3. The molecule has 2 aromatic heterocycles. The summed E-state index contributed by atoms with van der Waals surface area (Å²) in [5.74, 6) is 1.87. The molecular formula is C24H25N3O2. The van der Waals surface area contributed by atoms with E-state index < -0.39 is 0 Å². The van der Waals surface area contributed by atoms with E-state index in [9.17, 15) is 0 Å². The molecule has 0 saturated heterocycles. The Hall–Kier alpha value is -3.21. The van der Waals surface area contributed by atoms with Crippen LogP contribution in [0.25, 0.3) is 22.1 Å². The lowest BCUT2D eigenvalue weighted by atomic mass is 10.1. The summed E-state index contributed by atoms with van der Waals surface area (Å²) < 4.78 is 11.9. The Bertz CT molecular complexity index is 1270. The van der Waals surface area contributed by atoms with Crippen LogP contribution in [0.15, 0.2) is 40.8 Å². The van der Waals surface area contributed by atoms with Crippen LogP contribution < -0.4 is 14.5 Å².